The molecule has 0 bridgehead atoms. The summed E-state index contributed by atoms with van der Waals surface area (Å²) in [7, 11) is 0. The van der Waals surface area contributed by atoms with Crippen LogP contribution in [0.4, 0.5) is 5.69 Å². The smallest absolute Gasteiger partial charge is 0.138 e. The third-order valence-corrected chi connectivity index (χ3v) is 4.19. The van der Waals surface area contributed by atoms with Crippen molar-refractivity contribution in [3.63, 3.8) is 0 Å². The molecule has 102 valence electrons. The van der Waals surface area contributed by atoms with E-state index in [1.54, 1.807) is 6.07 Å². The van der Waals surface area contributed by atoms with E-state index >= 15 is 0 Å². The van der Waals surface area contributed by atoms with Crippen LogP contribution in [0.1, 0.15) is 11.1 Å². The second-order valence-corrected chi connectivity index (χ2v) is 5.44. The van der Waals surface area contributed by atoms with E-state index in [4.69, 9.17) is 5.73 Å². The van der Waals surface area contributed by atoms with Crippen molar-refractivity contribution in [2.45, 2.75) is 6.42 Å². The fourth-order valence-corrected chi connectivity index (χ4v) is 3.15. The number of hydrogen-bond donors (Lipinski definition) is 2. The van der Waals surface area contributed by atoms with Crippen molar-refractivity contribution in [2.75, 3.05) is 5.73 Å². The van der Waals surface area contributed by atoms with E-state index in [1.165, 1.54) is 27.8 Å². The minimum atomic E-state index is 0.134. The summed E-state index contributed by atoms with van der Waals surface area (Å²) in [5, 5.41) is 9.60. The van der Waals surface area contributed by atoms with Crippen molar-refractivity contribution in [1.82, 2.24) is 0 Å². The van der Waals surface area contributed by atoms with Crippen molar-refractivity contribution in [1.29, 1.82) is 0 Å². The molecule has 0 heterocycles. The Morgan fingerprint density at radius 1 is 0.810 bits per heavy atom. The molecule has 21 heavy (non-hydrogen) atoms. The summed E-state index contributed by atoms with van der Waals surface area (Å²) in [4.78, 5) is 0. The number of hydrogen-bond acceptors (Lipinski definition) is 2. The van der Waals surface area contributed by atoms with Gasteiger partial charge < -0.3 is 10.8 Å². The molecule has 0 saturated heterocycles. The zero-order valence-corrected chi connectivity index (χ0v) is 11.5. The lowest BCUT2D eigenvalue weighted by atomic mass is 9.95. The van der Waals surface area contributed by atoms with E-state index in [9.17, 15) is 5.11 Å². The molecule has 0 spiro atoms. The molecular formula is C19H15NO. The number of phenols is 1. The van der Waals surface area contributed by atoms with Gasteiger partial charge in [0, 0.05) is 0 Å². The van der Waals surface area contributed by atoms with Crippen LogP contribution in [0.25, 0.3) is 22.3 Å². The normalized spacial score (nSPS) is 12.0. The Balaban J connectivity index is 1.92. The number of phenolic OH excluding ortho intramolecular Hbond substituents is 1. The summed E-state index contributed by atoms with van der Waals surface area (Å²) >= 11 is 0. The molecule has 0 unspecified atom stereocenters. The van der Waals surface area contributed by atoms with Gasteiger partial charge in [0.25, 0.3) is 0 Å². The fourth-order valence-electron chi connectivity index (χ4n) is 3.15. The standard InChI is InChI=1S/C19H15NO/c20-18-11-13(8-9-19(18)21)15-6-3-7-16-14-5-2-1-4-12(14)10-17(15)16/h1-9,11,21H,10,20H2. The first-order valence-corrected chi connectivity index (χ1v) is 7.03. The lowest BCUT2D eigenvalue weighted by Crippen LogP contribution is -1.90. The van der Waals surface area contributed by atoms with Gasteiger partial charge in [-0.25, -0.2) is 0 Å². The zero-order valence-electron chi connectivity index (χ0n) is 11.5. The van der Waals surface area contributed by atoms with Gasteiger partial charge in [0.05, 0.1) is 5.69 Å². The van der Waals surface area contributed by atoms with Gasteiger partial charge >= 0.3 is 0 Å². The maximum atomic E-state index is 9.60. The third-order valence-electron chi connectivity index (χ3n) is 4.19. The van der Waals surface area contributed by atoms with Gasteiger partial charge in [0.2, 0.25) is 0 Å². The largest absolute Gasteiger partial charge is 0.506 e. The van der Waals surface area contributed by atoms with Gasteiger partial charge in [0.1, 0.15) is 5.75 Å². The molecule has 3 aromatic rings. The van der Waals surface area contributed by atoms with E-state index in [1.807, 2.05) is 12.1 Å². The summed E-state index contributed by atoms with van der Waals surface area (Å²) in [6.45, 7) is 0. The summed E-state index contributed by atoms with van der Waals surface area (Å²) in [6, 6.07) is 20.3. The maximum Gasteiger partial charge on any atom is 0.138 e. The quantitative estimate of drug-likeness (QED) is 0.403. The summed E-state index contributed by atoms with van der Waals surface area (Å²) < 4.78 is 0. The molecule has 0 fully saturated rings. The van der Waals surface area contributed by atoms with Crippen LogP contribution in [0.15, 0.2) is 60.7 Å². The lowest BCUT2D eigenvalue weighted by molar-refractivity contribution is 0.478. The van der Waals surface area contributed by atoms with Crippen LogP contribution >= 0.6 is 0 Å². The van der Waals surface area contributed by atoms with Crippen LogP contribution in [0, 0.1) is 0 Å². The van der Waals surface area contributed by atoms with Crippen molar-refractivity contribution in [3.8, 4) is 28.0 Å². The highest BCUT2D eigenvalue weighted by Crippen LogP contribution is 2.42. The van der Waals surface area contributed by atoms with Crippen LogP contribution < -0.4 is 5.73 Å². The third kappa shape index (κ3) is 1.80. The van der Waals surface area contributed by atoms with Crippen LogP contribution in [0.3, 0.4) is 0 Å². The first-order chi connectivity index (χ1) is 10.2. The predicted molar refractivity (Wildman–Crippen MR) is 86.2 cm³/mol. The van der Waals surface area contributed by atoms with E-state index in [0.29, 0.717) is 5.69 Å². The molecule has 0 aromatic heterocycles. The van der Waals surface area contributed by atoms with Crippen molar-refractivity contribution in [3.05, 3.63) is 71.8 Å². The van der Waals surface area contributed by atoms with Crippen LogP contribution in [-0.2, 0) is 6.42 Å². The van der Waals surface area contributed by atoms with E-state index < -0.39 is 0 Å². The zero-order chi connectivity index (χ0) is 14.4. The molecule has 1 aliphatic carbocycles. The Labute approximate surface area is 123 Å². The Kier molecular flexibility index (Phi) is 2.51. The minimum Gasteiger partial charge on any atom is -0.506 e. The topological polar surface area (TPSA) is 46.2 Å². The highest BCUT2D eigenvalue weighted by molar-refractivity contribution is 5.85. The molecule has 3 N–H and O–H groups in total. The SMILES string of the molecule is Nc1cc(-c2cccc3c2Cc2ccccc2-3)ccc1O. The van der Waals surface area contributed by atoms with Crippen LogP contribution in [-0.4, -0.2) is 5.11 Å². The first-order valence-electron chi connectivity index (χ1n) is 7.03. The Hall–Kier alpha value is -2.74. The second-order valence-electron chi connectivity index (χ2n) is 5.44. The van der Waals surface area contributed by atoms with E-state index in [2.05, 4.69) is 42.5 Å². The monoisotopic (exact) mass is 273 g/mol. The molecule has 0 saturated carbocycles. The second kappa shape index (κ2) is 4.38. The summed E-state index contributed by atoms with van der Waals surface area (Å²) in [6.07, 6.45) is 0.947. The highest BCUT2D eigenvalue weighted by Gasteiger charge is 2.21. The average molecular weight is 273 g/mol. The predicted octanol–water partition coefficient (Wildman–Crippen LogP) is 4.21. The molecule has 2 heteroatoms. The van der Waals surface area contributed by atoms with Gasteiger partial charge in [-0.1, -0.05) is 48.5 Å². The van der Waals surface area contributed by atoms with Crippen LogP contribution in [0.5, 0.6) is 5.75 Å². The van der Waals surface area contributed by atoms with Gasteiger partial charge in [-0.3, -0.25) is 0 Å². The minimum absolute atomic E-state index is 0.134. The van der Waals surface area contributed by atoms with Gasteiger partial charge in [-0.15, -0.1) is 0 Å². The number of nitrogen functional groups attached to an aromatic ring is 1. The Bertz CT molecular complexity index is 852. The van der Waals surface area contributed by atoms with Gasteiger partial charge in [0.15, 0.2) is 0 Å². The molecule has 3 aromatic carbocycles. The number of nitrogens with two attached hydrogens (primary N) is 1. The lowest BCUT2D eigenvalue weighted by Gasteiger charge is -2.10. The molecule has 1 aliphatic rings. The number of benzene rings is 3. The van der Waals surface area contributed by atoms with Crippen molar-refractivity contribution < 1.29 is 5.11 Å². The van der Waals surface area contributed by atoms with E-state index in [-0.39, 0.29) is 5.75 Å². The molecule has 4 rings (SSSR count). The molecule has 0 aliphatic heterocycles. The number of fused-ring (bicyclic) bond motifs is 3. The fraction of sp³-hybridized carbons (Fsp3) is 0.0526. The molecule has 2 nitrogen and oxygen atoms in total. The van der Waals surface area contributed by atoms with E-state index in [0.717, 1.165) is 12.0 Å². The summed E-state index contributed by atoms with van der Waals surface area (Å²) in [5.41, 5.74) is 13.8. The number of aromatic hydroxyl groups is 1. The number of anilines is 1. The number of rotatable bonds is 1. The molecule has 0 atom stereocenters. The van der Waals surface area contributed by atoms with Crippen molar-refractivity contribution >= 4 is 5.69 Å². The summed E-state index contributed by atoms with van der Waals surface area (Å²) in [5.74, 6) is 0.134. The van der Waals surface area contributed by atoms with Gasteiger partial charge in [-0.05, 0) is 51.9 Å². The average Bonchev–Trinajstić information content (AvgIpc) is 2.89. The first kappa shape index (κ1) is 12.0. The Morgan fingerprint density at radius 2 is 1.57 bits per heavy atom. The maximum absolute atomic E-state index is 9.60. The van der Waals surface area contributed by atoms with Crippen LogP contribution in [0.2, 0.25) is 0 Å². The molecular weight excluding hydrogens is 258 g/mol. The van der Waals surface area contributed by atoms with Crippen molar-refractivity contribution in [2.24, 2.45) is 0 Å². The molecule has 0 radical (unpaired) electrons. The highest BCUT2D eigenvalue weighted by atomic mass is 16.3. The molecule has 0 amide bonds. The van der Waals surface area contributed by atoms with Gasteiger partial charge in [-0.2, -0.15) is 0 Å². The Morgan fingerprint density at radius 3 is 2.43 bits per heavy atom.